The van der Waals surface area contributed by atoms with E-state index in [9.17, 15) is 14.0 Å². The molecule has 0 aromatic heterocycles. The van der Waals surface area contributed by atoms with E-state index >= 15 is 0 Å². The van der Waals surface area contributed by atoms with Crippen LogP contribution in [0.25, 0.3) is 0 Å². The largest absolute Gasteiger partial charge is 0.480 e. The summed E-state index contributed by atoms with van der Waals surface area (Å²) in [5, 5.41) is 8.61. The molecule has 0 amide bonds. The fraction of sp³-hybridized carbons (Fsp3) is 0.111. The quantitative estimate of drug-likeness (QED) is 0.602. The van der Waals surface area contributed by atoms with E-state index in [4.69, 9.17) is 22.4 Å². The van der Waals surface area contributed by atoms with Gasteiger partial charge in [-0.3, -0.25) is 9.59 Å². The van der Waals surface area contributed by atoms with Crippen molar-refractivity contribution in [1.29, 1.82) is 0 Å². The molecule has 0 aliphatic rings. The third-order valence-corrected chi connectivity index (χ3v) is 1.98. The zero-order valence-electron chi connectivity index (χ0n) is 7.41. The third kappa shape index (κ3) is 2.51. The average Bonchev–Trinajstić information content (AvgIpc) is 2.19. The van der Waals surface area contributed by atoms with Gasteiger partial charge < -0.3 is 10.8 Å². The summed E-state index contributed by atoms with van der Waals surface area (Å²) in [6, 6.07) is 1.49. The minimum Gasteiger partial charge on any atom is -0.480 e. The van der Waals surface area contributed by atoms with Crippen molar-refractivity contribution in [2.24, 2.45) is 5.73 Å². The lowest BCUT2D eigenvalue weighted by molar-refractivity contribution is -0.137. The van der Waals surface area contributed by atoms with Crippen molar-refractivity contribution < 1.29 is 19.1 Å². The first-order valence-electron chi connectivity index (χ1n) is 3.91. The molecule has 1 unspecified atom stereocenters. The topological polar surface area (TPSA) is 80.4 Å². The van der Waals surface area contributed by atoms with Gasteiger partial charge in [-0.1, -0.05) is 11.6 Å². The maximum Gasteiger partial charge on any atom is 0.328 e. The Morgan fingerprint density at radius 2 is 2.07 bits per heavy atom. The van der Waals surface area contributed by atoms with Crippen LogP contribution >= 0.6 is 11.6 Å². The van der Waals surface area contributed by atoms with Gasteiger partial charge >= 0.3 is 5.97 Å². The van der Waals surface area contributed by atoms with Crippen LogP contribution in [0.2, 0.25) is 5.02 Å². The maximum atomic E-state index is 13.1. The van der Waals surface area contributed by atoms with E-state index < -0.39 is 29.2 Å². The first-order valence-corrected chi connectivity index (χ1v) is 4.29. The number of carbonyl (C=O) groups excluding carboxylic acids is 1. The summed E-state index contributed by atoms with van der Waals surface area (Å²) in [6.07, 6.45) is 0. The van der Waals surface area contributed by atoms with Gasteiger partial charge in [0.1, 0.15) is 5.82 Å². The number of Topliss-reactive ketones (excluding diaryl/α,β-unsaturated/α-hetero) is 1. The molecule has 0 spiro atoms. The highest BCUT2D eigenvalue weighted by molar-refractivity contribution is 6.31. The number of ketones is 1. The molecule has 1 aromatic carbocycles. The van der Waals surface area contributed by atoms with Gasteiger partial charge in [-0.05, 0) is 18.2 Å². The molecule has 80 valence electrons. The van der Waals surface area contributed by atoms with E-state index in [2.05, 4.69) is 0 Å². The molecule has 0 saturated heterocycles. The molecule has 0 bridgehead atoms. The van der Waals surface area contributed by atoms with Crippen LogP contribution in [0.15, 0.2) is 18.2 Å². The van der Waals surface area contributed by atoms with Gasteiger partial charge in [0.25, 0.3) is 0 Å². The van der Waals surface area contributed by atoms with Crippen LogP contribution in [0, 0.1) is 5.82 Å². The summed E-state index contributed by atoms with van der Waals surface area (Å²) < 4.78 is 13.1. The zero-order valence-corrected chi connectivity index (χ0v) is 8.16. The van der Waals surface area contributed by atoms with Crippen LogP contribution in [0.3, 0.4) is 0 Å². The van der Waals surface area contributed by atoms with Gasteiger partial charge in [0.05, 0.1) is 5.56 Å². The first kappa shape index (κ1) is 11.6. The number of hydrogen-bond acceptors (Lipinski definition) is 3. The van der Waals surface area contributed by atoms with Crippen LogP contribution in [-0.4, -0.2) is 22.9 Å². The zero-order chi connectivity index (χ0) is 11.6. The van der Waals surface area contributed by atoms with Crippen molar-refractivity contribution in [2.75, 3.05) is 0 Å². The van der Waals surface area contributed by atoms with Gasteiger partial charge in [0, 0.05) is 5.02 Å². The number of aliphatic carboxylic acids is 1. The molecular formula is C9H7ClFNO3. The predicted molar refractivity (Wildman–Crippen MR) is 51.4 cm³/mol. The summed E-state index contributed by atoms with van der Waals surface area (Å²) in [7, 11) is 0. The first-order chi connectivity index (χ1) is 6.93. The molecule has 4 nitrogen and oxygen atoms in total. The molecular weight excluding hydrogens is 225 g/mol. The number of carboxylic acids is 1. The molecule has 15 heavy (non-hydrogen) atoms. The lowest BCUT2D eigenvalue weighted by atomic mass is 10.0. The number of nitrogens with two attached hydrogens (primary N) is 1. The molecule has 0 aliphatic carbocycles. The summed E-state index contributed by atoms with van der Waals surface area (Å²) in [6.45, 7) is 0. The molecule has 3 N–H and O–H groups in total. The summed E-state index contributed by atoms with van der Waals surface area (Å²) in [5.41, 5.74) is 4.63. The Balaban J connectivity index is 3.11. The molecule has 1 atom stereocenters. The number of halogens is 2. The summed E-state index contributed by atoms with van der Waals surface area (Å²) in [4.78, 5) is 21.8. The van der Waals surface area contributed by atoms with E-state index in [0.717, 1.165) is 12.1 Å². The summed E-state index contributed by atoms with van der Waals surface area (Å²) in [5.74, 6) is -3.37. The van der Waals surface area contributed by atoms with Crippen molar-refractivity contribution in [3.05, 3.63) is 34.6 Å². The normalized spacial score (nSPS) is 12.2. The lowest BCUT2D eigenvalue weighted by Gasteiger charge is -2.06. The monoisotopic (exact) mass is 231 g/mol. The minimum absolute atomic E-state index is 0.136. The van der Waals surface area contributed by atoms with E-state index in [1.807, 2.05) is 0 Å². The Bertz CT molecular complexity index is 422. The second-order valence-electron chi connectivity index (χ2n) is 2.80. The van der Waals surface area contributed by atoms with Crippen molar-refractivity contribution in [1.82, 2.24) is 0 Å². The number of hydrogen-bond donors (Lipinski definition) is 2. The van der Waals surface area contributed by atoms with Crippen molar-refractivity contribution in [3.8, 4) is 0 Å². The fourth-order valence-electron chi connectivity index (χ4n) is 0.966. The number of rotatable bonds is 3. The highest BCUT2D eigenvalue weighted by Crippen LogP contribution is 2.16. The third-order valence-electron chi connectivity index (χ3n) is 1.74. The predicted octanol–water partition coefficient (Wildman–Crippen LogP) is 1.07. The highest BCUT2D eigenvalue weighted by atomic mass is 35.5. The molecule has 0 fully saturated rings. The summed E-state index contributed by atoms with van der Waals surface area (Å²) >= 11 is 5.54. The lowest BCUT2D eigenvalue weighted by Crippen LogP contribution is -2.38. The Kier molecular flexibility index (Phi) is 3.39. The molecule has 1 aromatic rings. The van der Waals surface area contributed by atoms with Crippen molar-refractivity contribution in [2.45, 2.75) is 6.04 Å². The number of benzene rings is 1. The van der Waals surface area contributed by atoms with E-state index in [1.165, 1.54) is 6.07 Å². The second kappa shape index (κ2) is 4.37. The average molecular weight is 232 g/mol. The van der Waals surface area contributed by atoms with Crippen LogP contribution in [0.4, 0.5) is 4.39 Å². The standard InChI is InChI=1S/C9H7ClFNO3/c10-4-1-2-6(11)5(3-4)8(13)7(12)9(14)15/h1-3,7H,12H2,(H,14,15). The Labute approximate surface area is 89.5 Å². The molecule has 0 radical (unpaired) electrons. The van der Waals surface area contributed by atoms with Crippen LogP contribution in [-0.2, 0) is 4.79 Å². The van der Waals surface area contributed by atoms with Gasteiger partial charge in [-0.15, -0.1) is 0 Å². The van der Waals surface area contributed by atoms with Crippen molar-refractivity contribution in [3.63, 3.8) is 0 Å². The van der Waals surface area contributed by atoms with Gasteiger partial charge in [0.15, 0.2) is 11.8 Å². The molecule has 0 heterocycles. The Morgan fingerprint density at radius 3 is 2.60 bits per heavy atom. The van der Waals surface area contributed by atoms with Gasteiger partial charge in [0.2, 0.25) is 0 Å². The number of carboxylic acid groups (broad SMARTS) is 1. The van der Waals surface area contributed by atoms with Gasteiger partial charge in [-0.25, -0.2) is 4.39 Å². The smallest absolute Gasteiger partial charge is 0.328 e. The molecule has 0 saturated carbocycles. The Morgan fingerprint density at radius 1 is 1.47 bits per heavy atom. The van der Waals surface area contributed by atoms with E-state index in [1.54, 1.807) is 0 Å². The highest BCUT2D eigenvalue weighted by Gasteiger charge is 2.25. The molecule has 1 rings (SSSR count). The molecule has 6 heteroatoms. The SMILES string of the molecule is NC(C(=O)O)C(=O)c1cc(Cl)ccc1F. The molecule has 0 aliphatic heterocycles. The van der Waals surface area contributed by atoms with Crippen molar-refractivity contribution >= 4 is 23.4 Å². The van der Waals surface area contributed by atoms with Crippen LogP contribution in [0.5, 0.6) is 0 Å². The van der Waals surface area contributed by atoms with Gasteiger partial charge in [-0.2, -0.15) is 0 Å². The fourth-order valence-corrected chi connectivity index (χ4v) is 1.14. The van der Waals surface area contributed by atoms with E-state index in [-0.39, 0.29) is 5.02 Å². The second-order valence-corrected chi connectivity index (χ2v) is 3.24. The minimum atomic E-state index is -1.78. The van der Waals surface area contributed by atoms with Crippen LogP contribution in [0.1, 0.15) is 10.4 Å². The Hall–Kier alpha value is -1.46. The number of carbonyl (C=O) groups is 2. The van der Waals surface area contributed by atoms with Crippen LogP contribution < -0.4 is 5.73 Å². The van der Waals surface area contributed by atoms with E-state index in [0.29, 0.717) is 0 Å². The maximum absolute atomic E-state index is 13.1.